The summed E-state index contributed by atoms with van der Waals surface area (Å²) in [6.07, 6.45) is 16.3. The fourth-order valence-electron chi connectivity index (χ4n) is 8.46. The minimum atomic E-state index is 0.457. The van der Waals surface area contributed by atoms with E-state index in [0.717, 1.165) is 41.5 Å². The molecule has 4 rings (SSSR count). The molecule has 0 aromatic rings. The van der Waals surface area contributed by atoms with Gasteiger partial charge in [0.25, 0.3) is 0 Å². The van der Waals surface area contributed by atoms with E-state index >= 15 is 0 Å². The largest absolute Gasteiger partial charge is 0.306 e. The quantitative estimate of drug-likeness (QED) is 0.376. The van der Waals surface area contributed by atoms with Gasteiger partial charge >= 0.3 is 0 Å². The van der Waals surface area contributed by atoms with Gasteiger partial charge in [-0.05, 0) is 101 Å². The van der Waals surface area contributed by atoms with Gasteiger partial charge in [0.15, 0.2) is 0 Å². The molecule has 4 aliphatic rings. The topological polar surface area (TPSA) is 6.48 Å². The molecule has 1 heterocycles. The number of rotatable bonds is 3. The summed E-state index contributed by atoms with van der Waals surface area (Å²) in [5, 5.41) is 0. The minimum absolute atomic E-state index is 0.457. The molecule has 36 heavy (non-hydrogen) atoms. The Morgan fingerprint density at radius 3 is 1.69 bits per heavy atom. The van der Waals surface area contributed by atoms with Crippen molar-refractivity contribution in [3.05, 3.63) is 0 Å². The molecule has 0 N–H and O–H groups in total. The summed E-state index contributed by atoms with van der Waals surface area (Å²) in [5.74, 6) is 5.63. The normalized spacial score (nSPS) is 38.5. The number of fused-ring (bicyclic) bond motifs is 2. The Bertz CT molecular complexity index is 584. The second kappa shape index (κ2) is 15.5. The monoisotopic (exact) mass is 507 g/mol. The lowest BCUT2D eigenvalue weighted by molar-refractivity contribution is -0.0536. The van der Waals surface area contributed by atoms with Crippen LogP contribution < -0.4 is 0 Å². The predicted octanol–water partition coefficient (Wildman–Crippen LogP) is 9.77. The summed E-state index contributed by atoms with van der Waals surface area (Å²) in [5.41, 5.74) is 0.987. The highest BCUT2D eigenvalue weighted by Gasteiger charge is 2.49. The van der Waals surface area contributed by atoms with Crippen LogP contribution in [0.4, 0.5) is 0 Å². The average Bonchev–Trinajstić information content (AvgIpc) is 2.87. The molecule has 4 fully saturated rings. The molecule has 7 atom stereocenters. The van der Waals surface area contributed by atoms with Crippen molar-refractivity contribution in [3.8, 4) is 0 Å². The van der Waals surface area contributed by atoms with Gasteiger partial charge in [-0.2, -0.15) is 0 Å². The molecule has 7 unspecified atom stereocenters. The Morgan fingerprint density at radius 2 is 1.19 bits per heavy atom. The molecule has 3 aliphatic carbocycles. The van der Waals surface area contributed by atoms with E-state index in [0.29, 0.717) is 11.0 Å². The Hall–Kier alpha value is -0.0800. The van der Waals surface area contributed by atoms with Crippen LogP contribution in [0.2, 0.25) is 0 Å². The lowest BCUT2D eigenvalue weighted by Gasteiger charge is -2.56. The Kier molecular flexibility index (Phi) is 14.6. The lowest BCUT2D eigenvalue weighted by Crippen LogP contribution is -2.56. The zero-order valence-electron chi connectivity index (χ0n) is 27.4. The highest BCUT2D eigenvalue weighted by molar-refractivity contribution is 5.01. The summed E-state index contributed by atoms with van der Waals surface area (Å²) < 4.78 is 0. The Labute approximate surface area is 229 Å². The first-order valence-corrected chi connectivity index (χ1v) is 16.4. The first-order valence-electron chi connectivity index (χ1n) is 16.4. The number of likely N-dealkylation sites (tertiary alicyclic amines) is 1. The van der Waals surface area contributed by atoms with Gasteiger partial charge in [-0.3, -0.25) is 0 Å². The van der Waals surface area contributed by atoms with Crippen molar-refractivity contribution in [2.75, 3.05) is 27.7 Å². The van der Waals surface area contributed by atoms with Crippen LogP contribution >= 0.6 is 0 Å². The zero-order valence-corrected chi connectivity index (χ0v) is 27.4. The van der Waals surface area contributed by atoms with Crippen molar-refractivity contribution < 1.29 is 0 Å². The molecular weight excluding hydrogens is 436 g/mol. The van der Waals surface area contributed by atoms with Crippen LogP contribution in [0.3, 0.4) is 0 Å². The van der Waals surface area contributed by atoms with Crippen molar-refractivity contribution in [3.63, 3.8) is 0 Å². The van der Waals surface area contributed by atoms with Crippen molar-refractivity contribution in [1.29, 1.82) is 0 Å². The molecule has 1 aliphatic heterocycles. The molecule has 0 spiro atoms. The third-order valence-electron chi connectivity index (χ3n) is 11.3. The van der Waals surface area contributed by atoms with Crippen molar-refractivity contribution in [1.82, 2.24) is 9.80 Å². The molecule has 0 aromatic heterocycles. The first kappa shape index (κ1) is 33.9. The van der Waals surface area contributed by atoms with E-state index in [1.165, 1.54) is 77.2 Å². The van der Waals surface area contributed by atoms with Gasteiger partial charge in [-0.1, -0.05) is 101 Å². The molecule has 2 nitrogen and oxygen atoms in total. The van der Waals surface area contributed by atoms with Crippen molar-refractivity contribution in [2.45, 2.75) is 151 Å². The van der Waals surface area contributed by atoms with E-state index in [-0.39, 0.29) is 0 Å². The maximum Gasteiger partial charge on any atom is 0.0204 e. The second-order valence-corrected chi connectivity index (χ2v) is 13.7. The standard InChI is InChI=1S/C16H31N.C14H27N.2C2H6/c1-12(2)16(3)11-10-13-8-6-7-9-14(13)15(16)17(4)5;1-11(2)14(3)9-12-7-5-6-8-13(12)10-15(14)4;2*1-2/h12-15H,6-11H2,1-5H3;11-13H,5-10H2,1-4H3;2*1-2H3. The number of hydrogen-bond acceptors (Lipinski definition) is 2. The van der Waals surface area contributed by atoms with Crippen LogP contribution in [0, 0.1) is 40.9 Å². The van der Waals surface area contributed by atoms with Crippen LogP contribution in [-0.2, 0) is 0 Å². The molecule has 0 amide bonds. The summed E-state index contributed by atoms with van der Waals surface area (Å²) >= 11 is 0. The van der Waals surface area contributed by atoms with E-state index in [4.69, 9.17) is 0 Å². The zero-order chi connectivity index (χ0) is 27.7. The van der Waals surface area contributed by atoms with Gasteiger partial charge in [0.1, 0.15) is 0 Å². The van der Waals surface area contributed by atoms with Crippen LogP contribution in [-0.4, -0.2) is 49.1 Å². The molecule has 1 saturated heterocycles. The molecule has 0 radical (unpaired) electrons. The fourth-order valence-corrected chi connectivity index (χ4v) is 8.46. The minimum Gasteiger partial charge on any atom is -0.306 e. The molecule has 0 aromatic carbocycles. The molecule has 0 bridgehead atoms. The van der Waals surface area contributed by atoms with Gasteiger partial charge in [0, 0.05) is 18.1 Å². The Balaban J connectivity index is 0.000000318. The average molecular weight is 507 g/mol. The van der Waals surface area contributed by atoms with E-state index in [2.05, 4.69) is 72.5 Å². The maximum atomic E-state index is 2.64. The predicted molar refractivity (Wildman–Crippen MR) is 164 cm³/mol. The van der Waals surface area contributed by atoms with Crippen LogP contribution in [0.1, 0.15) is 140 Å². The van der Waals surface area contributed by atoms with Gasteiger partial charge in [-0.15, -0.1) is 0 Å². The van der Waals surface area contributed by atoms with E-state index < -0.39 is 0 Å². The van der Waals surface area contributed by atoms with E-state index in [1.807, 2.05) is 27.7 Å². The van der Waals surface area contributed by atoms with Crippen molar-refractivity contribution >= 4 is 0 Å². The maximum absolute atomic E-state index is 2.64. The SMILES string of the molecule is CC.CC.CC(C)C1(C)CC2CCCCC2CN1C.CC(C)C1(C)CCC2CCCCC2C1N(C)C. The highest BCUT2D eigenvalue weighted by Crippen LogP contribution is 2.52. The van der Waals surface area contributed by atoms with Crippen LogP contribution in [0.25, 0.3) is 0 Å². The fraction of sp³-hybridized carbons (Fsp3) is 1.00. The number of nitrogens with zero attached hydrogens (tertiary/aromatic N) is 2. The number of hydrogen-bond donors (Lipinski definition) is 0. The van der Waals surface area contributed by atoms with Crippen LogP contribution in [0.15, 0.2) is 0 Å². The van der Waals surface area contributed by atoms with Gasteiger partial charge in [-0.25, -0.2) is 0 Å². The van der Waals surface area contributed by atoms with Gasteiger partial charge < -0.3 is 9.80 Å². The summed E-state index contributed by atoms with van der Waals surface area (Å²) in [6.45, 7) is 24.0. The summed E-state index contributed by atoms with van der Waals surface area (Å²) in [4.78, 5) is 5.19. The highest BCUT2D eigenvalue weighted by atomic mass is 15.2. The summed E-state index contributed by atoms with van der Waals surface area (Å²) in [7, 11) is 6.95. The Morgan fingerprint density at radius 1 is 0.694 bits per heavy atom. The van der Waals surface area contributed by atoms with Gasteiger partial charge in [0.05, 0.1) is 0 Å². The van der Waals surface area contributed by atoms with E-state index in [1.54, 1.807) is 0 Å². The second-order valence-electron chi connectivity index (χ2n) is 13.7. The molecule has 3 saturated carbocycles. The smallest absolute Gasteiger partial charge is 0.0204 e. The van der Waals surface area contributed by atoms with Crippen molar-refractivity contribution in [2.24, 2.45) is 40.9 Å². The number of piperidine rings is 1. The van der Waals surface area contributed by atoms with E-state index in [9.17, 15) is 0 Å². The molecule has 216 valence electrons. The first-order chi connectivity index (χ1) is 17.0. The third kappa shape index (κ3) is 7.74. The molecule has 2 heteroatoms. The summed E-state index contributed by atoms with van der Waals surface area (Å²) in [6, 6.07) is 0.807. The lowest BCUT2D eigenvalue weighted by atomic mass is 9.55. The van der Waals surface area contributed by atoms with Gasteiger partial charge in [0.2, 0.25) is 0 Å². The molecular formula is C34H70N2. The van der Waals surface area contributed by atoms with Crippen LogP contribution in [0.5, 0.6) is 0 Å². The third-order valence-corrected chi connectivity index (χ3v) is 11.3.